The van der Waals surface area contributed by atoms with Gasteiger partial charge in [0, 0.05) is 40.4 Å². The van der Waals surface area contributed by atoms with Crippen molar-refractivity contribution in [3.8, 4) is 11.5 Å². The predicted octanol–water partition coefficient (Wildman–Crippen LogP) is 4.49. The van der Waals surface area contributed by atoms with Crippen molar-refractivity contribution >= 4 is 27.7 Å². The van der Waals surface area contributed by atoms with Gasteiger partial charge in [0.05, 0.1) is 12.8 Å². The monoisotopic (exact) mass is 460 g/mol. The zero-order valence-electron chi connectivity index (χ0n) is 19.6. The Labute approximate surface area is 197 Å². The number of carbonyl (C=O) groups excluding carboxylic acids is 1. The number of aromatic amines is 1. The largest absolute Gasteiger partial charge is 0.493 e. The lowest BCUT2D eigenvalue weighted by atomic mass is 10.0. The highest BCUT2D eigenvalue weighted by atomic mass is 16.5. The van der Waals surface area contributed by atoms with Gasteiger partial charge in [-0.3, -0.25) is 4.79 Å². The van der Waals surface area contributed by atoms with Gasteiger partial charge in [0.1, 0.15) is 11.7 Å². The molecule has 0 bridgehead atoms. The number of ketones is 1. The number of fused-ring (bicyclic) bond motifs is 2. The van der Waals surface area contributed by atoms with E-state index in [1.54, 1.807) is 19.2 Å². The number of Topliss-reactive ketones (excluding diaryl/α,β-unsaturated/α-hetero) is 1. The average molecular weight is 461 g/mol. The topological polar surface area (TPSA) is 84.8 Å². The lowest BCUT2D eigenvalue weighted by Crippen LogP contribution is -2.38. The van der Waals surface area contributed by atoms with Gasteiger partial charge in [0.15, 0.2) is 17.3 Å². The number of hydrogen-bond acceptors (Lipinski definition) is 6. The van der Waals surface area contributed by atoms with Crippen LogP contribution in [-0.2, 0) is 6.42 Å². The number of benzene rings is 2. The number of nitrogens with one attached hydrogen (secondary N) is 1. The Morgan fingerprint density at radius 2 is 2.03 bits per heavy atom. The molecule has 1 atom stereocenters. The van der Waals surface area contributed by atoms with E-state index in [-0.39, 0.29) is 18.3 Å². The molecule has 0 aliphatic carbocycles. The molecule has 0 saturated carbocycles. The molecule has 0 radical (unpaired) electrons. The number of aromatic nitrogens is 1. The summed E-state index contributed by atoms with van der Waals surface area (Å²) >= 11 is 0. The van der Waals surface area contributed by atoms with Crippen LogP contribution in [0.1, 0.15) is 34.5 Å². The standard InChI is InChI=1S/C27H28N2O5/c1-16-25-18(14-24(32-3)26(16)33-20-8-6-10-29(2)15-20)11-19(27(31)34-25)13-23(30)22-12-17-7-4-5-9-21(17)28-22/h4-5,7,9,11-12,14,20,28H,6,8,10,13,15H2,1-3H3. The van der Waals surface area contributed by atoms with Crippen LogP contribution in [0.25, 0.3) is 21.9 Å². The smallest absolute Gasteiger partial charge is 0.339 e. The van der Waals surface area contributed by atoms with Crippen molar-refractivity contribution in [3.63, 3.8) is 0 Å². The van der Waals surface area contributed by atoms with E-state index in [0.29, 0.717) is 39.3 Å². The van der Waals surface area contributed by atoms with Crippen LogP contribution in [0.4, 0.5) is 0 Å². The zero-order chi connectivity index (χ0) is 23.8. The van der Waals surface area contributed by atoms with Gasteiger partial charge in [-0.25, -0.2) is 4.79 Å². The highest BCUT2D eigenvalue weighted by molar-refractivity contribution is 6.00. The molecule has 5 rings (SSSR count). The summed E-state index contributed by atoms with van der Waals surface area (Å²) in [6.45, 7) is 3.76. The second kappa shape index (κ2) is 8.99. The molecule has 7 nitrogen and oxygen atoms in total. The third-order valence-electron chi connectivity index (χ3n) is 6.51. The summed E-state index contributed by atoms with van der Waals surface area (Å²) in [7, 11) is 3.68. The third kappa shape index (κ3) is 4.19. The Kier molecular flexibility index (Phi) is 5.87. The number of piperidine rings is 1. The van der Waals surface area contributed by atoms with Crippen LogP contribution in [0.15, 0.2) is 51.7 Å². The maximum absolute atomic E-state index is 12.9. The van der Waals surface area contributed by atoms with Crippen molar-refractivity contribution in [1.82, 2.24) is 9.88 Å². The van der Waals surface area contributed by atoms with Gasteiger partial charge in [-0.1, -0.05) is 18.2 Å². The van der Waals surface area contributed by atoms with Crippen molar-refractivity contribution in [1.29, 1.82) is 0 Å². The molecule has 34 heavy (non-hydrogen) atoms. The minimum Gasteiger partial charge on any atom is -0.493 e. The number of likely N-dealkylation sites (N-methyl/N-ethyl adjacent to an activating group) is 1. The van der Waals surface area contributed by atoms with E-state index in [1.807, 2.05) is 37.3 Å². The average Bonchev–Trinajstić information content (AvgIpc) is 3.26. The van der Waals surface area contributed by atoms with Crippen molar-refractivity contribution in [2.24, 2.45) is 0 Å². The summed E-state index contributed by atoms with van der Waals surface area (Å²) in [5.41, 5.74) is 2.30. The predicted molar refractivity (Wildman–Crippen MR) is 131 cm³/mol. The summed E-state index contributed by atoms with van der Waals surface area (Å²) in [6, 6.07) is 13.0. The quantitative estimate of drug-likeness (QED) is 0.337. The first-order chi connectivity index (χ1) is 16.4. The van der Waals surface area contributed by atoms with E-state index >= 15 is 0 Å². The van der Waals surface area contributed by atoms with Crippen LogP contribution in [0.5, 0.6) is 11.5 Å². The molecule has 2 aromatic carbocycles. The molecule has 0 spiro atoms. The fourth-order valence-corrected chi connectivity index (χ4v) is 4.72. The molecule has 1 fully saturated rings. The molecule has 3 heterocycles. The normalized spacial score (nSPS) is 16.7. The van der Waals surface area contributed by atoms with Gasteiger partial charge in [0.25, 0.3) is 0 Å². The number of rotatable bonds is 6. The van der Waals surface area contributed by atoms with Crippen molar-refractivity contribution in [3.05, 3.63) is 69.7 Å². The molecule has 1 aliphatic rings. The maximum atomic E-state index is 12.9. The summed E-state index contributed by atoms with van der Waals surface area (Å²) in [5, 5.41) is 1.65. The number of para-hydroxylation sites is 1. The number of methoxy groups -OCH3 is 1. The van der Waals surface area contributed by atoms with E-state index in [2.05, 4.69) is 16.9 Å². The fourth-order valence-electron chi connectivity index (χ4n) is 4.72. The number of hydrogen-bond donors (Lipinski definition) is 1. The van der Waals surface area contributed by atoms with Crippen LogP contribution in [0, 0.1) is 6.92 Å². The van der Waals surface area contributed by atoms with Crippen LogP contribution < -0.4 is 15.1 Å². The van der Waals surface area contributed by atoms with Gasteiger partial charge in [-0.2, -0.15) is 0 Å². The first-order valence-electron chi connectivity index (χ1n) is 11.5. The van der Waals surface area contributed by atoms with Crippen molar-refractivity contribution < 1.29 is 18.7 Å². The number of H-pyrrole nitrogens is 1. The first kappa shape index (κ1) is 22.2. The molecule has 7 heteroatoms. The van der Waals surface area contributed by atoms with Gasteiger partial charge >= 0.3 is 5.63 Å². The molecule has 2 aromatic heterocycles. The number of nitrogens with zero attached hydrogens (tertiary/aromatic N) is 1. The van der Waals surface area contributed by atoms with E-state index < -0.39 is 5.63 Å². The fraction of sp³-hybridized carbons (Fsp3) is 0.333. The van der Waals surface area contributed by atoms with Crippen LogP contribution in [-0.4, -0.2) is 49.0 Å². The third-order valence-corrected chi connectivity index (χ3v) is 6.51. The zero-order valence-corrected chi connectivity index (χ0v) is 19.6. The Bertz CT molecular complexity index is 1400. The number of ether oxygens (including phenoxy) is 2. The summed E-state index contributed by atoms with van der Waals surface area (Å²) in [4.78, 5) is 31.1. The molecule has 176 valence electrons. The summed E-state index contributed by atoms with van der Waals surface area (Å²) in [5.74, 6) is 1.01. The molecule has 1 saturated heterocycles. The summed E-state index contributed by atoms with van der Waals surface area (Å²) in [6.07, 6.45) is 2.02. The molecule has 1 unspecified atom stereocenters. The lowest BCUT2D eigenvalue weighted by molar-refractivity contribution is 0.0987. The molecule has 1 N–H and O–H groups in total. The van der Waals surface area contributed by atoms with Crippen molar-refractivity contribution in [2.45, 2.75) is 32.3 Å². The Balaban J connectivity index is 1.47. The van der Waals surface area contributed by atoms with E-state index in [0.717, 1.165) is 36.8 Å². The van der Waals surface area contributed by atoms with Gasteiger partial charge in [-0.05, 0) is 57.6 Å². The maximum Gasteiger partial charge on any atom is 0.339 e. The Morgan fingerprint density at radius 1 is 1.21 bits per heavy atom. The van der Waals surface area contributed by atoms with Crippen molar-refractivity contribution in [2.75, 3.05) is 27.2 Å². The lowest BCUT2D eigenvalue weighted by Gasteiger charge is -2.31. The highest BCUT2D eigenvalue weighted by Crippen LogP contribution is 2.38. The van der Waals surface area contributed by atoms with Gasteiger partial charge in [0.2, 0.25) is 0 Å². The van der Waals surface area contributed by atoms with Crippen LogP contribution in [0.3, 0.4) is 0 Å². The molecule has 1 aliphatic heterocycles. The highest BCUT2D eigenvalue weighted by Gasteiger charge is 2.24. The molecular weight excluding hydrogens is 432 g/mol. The Hall–Kier alpha value is -3.58. The SMILES string of the molecule is COc1cc2cc(CC(=O)c3cc4ccccc4[nH]3)c(=O)oc2c(C)c1OC1CCCN(C)C1. The van der Waals surface area contributed by atoms with E-state index in [4.69, 9.17) is 13.9 Å². The second-order valence-electron chi connectivity index (χ2n) is 9.02. The first-order valence-corrected chi connectivity index (χ1v) is 11.5. The Morgan fingerprint density at radius 3 is 2.79 bits per heavy atom. The second-order valence-corrected chi connectivity index (χ2v) is 9.02. The summed E-state index contributed by atoms with van der Waals surface area (Å²) < 4.78 is 17.7. The van der Waals surface area contributed by atoms with Gasteiger partial charge in [-0.15, -0.1) is 0 Å². The molecular formula is C27H28N2O5. The molecule has 0 amide bonds. The van der Waals surface area contributed by atoms with E-state index in [1.165, 1.54) is 0 Å². The minimum atomic E-state index is -0.520. The van der Waals surface area contributed by atoms with Crippen LogP contribution >= 0.6 is 0 Å². The molecule has 4 aromatic rings. The number of aryl methyl sites for hydroxylation is 1. The van der Waals surface area contributed by atoms with Crippen LogP contribution in [0.2, 0.25) is 0 Å². The number of carbonyl (C=O) groups is 1. The minimum absolute atomic E-state index is 0.0451. The van der Waals surface area contributed by atoms with Gasteiger partial charge < -0.3 is 23.8 Å². The number of likely N-dealkylation sites (tertiary alicyclic amines) is 1. The van der Waals surface area contributed by atoms with E-state index in [9.17, 15) is 9.59 Å².